The van der Waals surface area contributed by atoms with E-state index in [0.717, 1.165) is 23.4 Å². The van der Waals surface area contributed by atoms with Crippen molar-refractivity contribution in [2.75, 3.05) is 5.43 Å². The SMILES string of the molecule is CC(C)(C)c1ccc(C(N=Nc2c(F)cccc2F)=NNc2ccccc2)cc1. The lowest BCUT2D eigenvalue weighted by Crippen LogP contribution is -2.11. The fourth-order valence-electron chi connectivity index (χ4n) is 2.58. The van der Waals surface area contributed by atoms with E-state index in [1.54, 1.807) is 0 Å². The largest absolute Gasteiger partial charge is 0.276 e. The number of nitrogens with zero attached hydrogens (tertiary/aromatic N) is 3. The molecule has 0 spiro atoms. The molecule has 0 aliphatic carbocycles. The van der Waals surface area contributed by atoms with Gasteiger partial charge in [0.1, 0.15) is 0 Å². The molecule has 0 unspecified atom stereocenters. The van der Waals surface area contributed by atoms with Gasteiger partial charge in [-0.05, 0) is 35.2 Å². The zero-order chi connectivity index (χ0) is 20.9. The number of amidine groups is 1. The molecule has 0 aromatic heterocycles. The fraction of sp³-hybridized carbons (Fsp3) is 0.174. The van der Waals surface area contributed by atoms with Crippen LogP contribution in [0.5, 0.6) is 0 Å². The molecule has 0 fully saturated rings. The highest BCUT2D eigenvalue weighted by molar-refractivity contribution is 5.99. The van der Waals surface area contributed by atoms with E-state index in [4.69, 9.17) is 0 Å². The average molecular weight is 392 g/mol. The standard InChI is InChI=1S/C23H22F2N4/c1-23(2,3)17-14-12-16(13-15-17)22(28-26-18-8-5-4-6-9-18)29-27-21-19(24)10-7-11-20(21)25/h4-15,26H,1-3H3. The van der Waals surface area contributed by atoms with Crippen LogP contribution >= 0.6 is 0 Å². The monoisotopic (exact) mass is 392 g/mol. The number of benzene rings is 3. The minimum atomic E-state index is -0.785. The molecule has 3 aromatic carbocycles. The summed E-state index contributed by atoms with van der Waals surface area (Å²) in [5.41, 5.74) is 5.01. The van der Waals surface area contributed by atoms with Crippen LogP contribution in [0.1, 0.15) is 31.9 Å². The number of nitrogens with one attached hydrogen (secondary N) is 1. The highest BCUT2D eigenvalue weighted by Crippen LogP contribution is 2.24. The topological polar surface area (TPSA) is 49.1 Å². The minimum absolute atomic E-state index is 0.00403. The van der Waals surface area contributed by atoms with Gasteiger partial charge in [-0.3, -0.25) is 5.43 Å². The van der Waals surface area contributed by atoms with Gasteiger partial charge in [0.25, 0.3) is 0 Å². The van der Waals surface area contributed by atoms with Crippen molar-refractivity contribution in [3.05, 3.63) is 95.6 Å². The minimum Gasteiger partial charge on any atom is -0.276 e. The quantitative estimate of drug-likeness (QED) is 0.225. The lowest BCUT2D eigenvalue weighted by atomic mass is 9.87. The molecule has 0 aliphatic rings. The van der Waals surface area contributed by atoms with E-state index in [1.807, 2.05) is 54.6 Å². The van der Waals surface area contributed by atoms with Gasteiger partial charge in [-0.2, -0.15) is 5.10 Å². The molecule has 29 heavy (non-hydrogen) atoms. The average Bonchev–Trinajstić information content (AvgIpc) is 2.70. The van der Waals surface area contributed by atoms with Crippen LogP contribution in [-0.2, 0) is 5.41 Å². The van der Waals surface area contributed by atoms with Crippen molar-refractivity contribution in [2.45, 2.75) is 26.2 Å². The van der Waals surface area contributed by atoms with Crippen LogP contribution in [0.25, 0.3) is 0 Å². The molecule has 0 atom stereocenters. The van der Waals surface area contributed by atoms with E-state index < -0.39 is 17.3 Å². The molecule has 6 heteroatoms. The molecular weight excluding hydrogens is 370 g/mol. The van der Waals surface area contributed by atoms with Gasteiger partial charge in [-0.15, -0.1) is 10.2 Å². The molecule has 0 aliphatic heterocycles. The maximum absolute atomic E-state index is 13.9. The van der Waals surface area contributed by atoms with Crippen LogP contribution < -0.4 is 5.43 Å². The lowest BCUT2D eigenvalue weighted by molar-refractivity contribution is 0.585. The Morgan fingerprint density at radius 3 is 2.00 bits per heavy atom. The third kappa shape index (κ3) is 5.31. The zero-order valence-corrected chi connectivity index (χ0v) is 16.5. The van der Waals surface area contributed by atoms with Gasteiger partial charge < -0.3 is 0 Å². The first-order valence-electron chi connectivity index (χ1n) is 9.20. The molecule has 0 amide bonds. The van der Waals surface area contributed by atoms with Crippen molar-refractivity contribution < 1.29 is 8.78 Å². The second kappa shape index (κ2) is 8.73. The van der Waals surface area contributed by atoms with Gasteiger partial charge in [0.2, 0.25) is 5.84 Å². The molecule has 0 saturated carbocycles. The Morgan fingerprint density at radius 2 is 1.41 bits per heavy atom. The van der Waals surface area contributed by atoms with E-state index in [-0.39, 0.29) is 11.3 Å². The molecular formula is C23H22F2N4. The van der Waals surface area contributed by atoms with Crippen LogP contribution in [0.3, 0.4) is 0 Å². The third-order valence-corrected chi connectivity index (χ3v) is 4.26. The number of anilines is 1. The number of hydrogen-bond donors (Lipinski definition) is 1. The first kappa shape index (κ1) is 20.3. The van der Waals surface area contributed by atoms with Crippen LogP contribution in [0.15, 0.2) is 88.1 Å². The van der Waals surface area contributed by atoms with Crippen molar-refractivity contribution in [3.63, 3.8) is 0 Å². The van der Waals surface area contributed by atoms with Crippen molar-refractivity contribution >= 4 is 17.2 Å². The van der Waals surface area contributed by atoms with Crippen molar-refractivity contribution in [1.82, 2.24) is 0 Å². The van der Waals surface area contributed by atoms with Gasteiger partial charge in [-0.1, -0.05) is 69.3 Å². The Balaban J connectivity index is 1.96. The summed E-state index contributed by atoms with van der Waals surface area (Å²) in [7, 11) is 0. The summed E-state index contributed by atoms with van der Waals surface area (Å²) >= 11 is 0. The Hall–Kier alpha value is -3.41. The zero-order valence-electron chi connectivity index (χ0n) is 16.5. The Morgan fingerprint density at radius 1 is 0.793 bits per heavy atom. The van der Waals surface area contributed by atoms with Gasteiger partial charge in [0.05, 0.1) is 5.69 Å². The summed E-state index contributed by atoms with van der Waals surface area (Å²) in [6.07, 6.45) is 0. The number of halogens is 2. The predicted octanol–water partition coefficient (Wildman–Crippen LogP) is 6.82. The Kier molecular flexibility index (Phi) is 6.12. The fourth-order valence-corrected chi connectivity index (χ4v) is 2.58. The molecule has 148 valence electrons. The molecule has 0 heterocycles. The Labute approximate surface area is 169 Å². The molecule has 3 aromatic rings. The van der Waals surface area contributed by atoms with Gasteiger partial charge >= 0.3 is 0 Å². The maximum Gasteiger partial charge on any atom is 0.201 e. The summed E-state index contributed by atoms with van der Waals surface area (Å²) in [5, 5.41) is 12.1. The van der Waals surface area contributed by atoms with Crippen molar-refractivity contribution in [3.8, 4) is 0 Å². The number of hydrazone groups is 1. The second-order valence-corrected chi connectivity index (χ2v) is 7.51. The molecule has 0 bridgehead atoms. The summed E-state index contributed by atoms with van der Waals surface area (Å²) < 4.78 is 27.8. The second-order valence-electron chi connectivity index (χ2n) is 7.51. The predicted molar refractivity (Wildman–Crippen MR) is 113 cm³/mol. The normalized spacial score (nSPS) is 12.4. The molecule has 3 rings (SSSR count). The highest BCUT2D eigenvalue weighted by atomic mass is 19.1. The van der Waals surface area contributed by atoms with Crippen LogP contribution in [0, 0.1) is 11.6 Å². The van der Waals surface area contributed by atoms with E-state index in [2.05, 4.69) is 41.5 Å². The summed E-state index contributed by atoms with van der Waals surface area (Å²) in [6.45, 7) is 6.36. The highest BCUT2D eigenvalue weighted by Gasteiger charge is 2.14. The smallest absolute Gasteiger partial charge is 0.201 e. The van der Waals surface area contributed by atoms with E-state index in [1.165, 1.54) is 6.07 Å². The first-order valence-corrected chi connectivity index (χ1v) is 9.20. The molecule has 1 N–H and O–H groups in total. The van der Waals surface area contributed by atoms with Crippen molar-refractivity contribution in [2.24, 2.45) is 15.3 Å². The van der Waals surface area contributed by atoms with Gasteiger partial charge in [0.15, 0.2) is 17.3 Å². The first-order chi connectivity index (χ1) is 13.8. The lowest BCUT2D eigenvalue weighted by Gasteiger charge is -2.19. The van der Waals surface area contributed by atoms with E-state index >= 15 is 0 Å². The van der Waals surface area contributed by atoms with Gasteiger partial charge in [-0.25, -0.2) is 8.78 Å². The van der Waals surface area contributed by atoms with Crippen LogP contribution in [0.2, 0.25) is 0 Å². The van der Waals surface area contributed by atoms with Crippen LogP contribution in [-0.4, -0.2) is 5.84 Å². The Bertz CT molecular complexity index is 1000. The molecule has 4 nitrogen and oxygen atoms in total. The number of hydrogen-bond acceptors (Lipinski definition) is 3. The summed E-state index contributed by atoms with van der Waals surface area (Å²) in [5.74, 6) is -1.36. The molecule has 0 radical (unpaired) electrons. The van der Waals surface area contributed by atoms with Crippen molar-refractivity contribution in [1.29, 1.82) is 0 Å². The number of rotatable bonds is 4. The van der Waals surface area contributed by atoms with Gasteiger partial charge in [0, 0.05) is 5.56 Å². The maximum atomic E-state index is 13.9. The summed E-state index contributed by atoms with van der Waals surface area (Å²) in [6, 6.07) is 20.5. The van der Waals surface area contributed by atoms with Crippen LogP contribution in [0.4, 0.5) is 20.2 Å². The summed E-state index contributed by atoms with van der Waals surface area (Å²) in [4.78, 5) is 0. The van der Waals surface area contributed by atoms with E-state index in [9.17, 15) is 8.78 Å². The number of para-hydroxylation sites is 1. The third-order valence-electron chi connectivity index (χ3n) is 4.26. The van der Waals surface area contributed by atoms with E-state index in [0.29, 0.717) is 5.56 Å². The molecule has 0 saturated heterocycles. The number of azo groups is 1.